The topological polar surface area (TPSA) is 150 Å². The van der Waals surface area contributed by atoms with Gasteiger partial charge in [0.2, 0.25) is 21.9 Å². The maximum Gasteiger partial charge on any atom is 0.435 e. The summed E-state index contributed by atoms with van der Waals surface area (Å²) in [7, 11) is -3.22. The van der Waals surface area contributed by atoms with Crippen LogP contribution in [0.3, 0.4) is 0 Å². The molecule has 0 saturated carbocycles. The molecule has 2 unspecified atom stereocenters. The molecule has 2 aromatic rings. The van der Waals surface area contributed by atoms with Gasteiger partial charge >= 0.3 is 6.09 Å². The van der Waals surface area contributed by atoms with Crippen LogP contribution in [-0.2, 0) is 19.5 Å². The Kier molecular flexibility index (Phi) is 8.44. The van der Waals surface area contributed by atoms with Crippen molar-refractivity contribution >= 4 is 33.7 Å². The molecule has 2 aromatic heterocycles. The number of hydrogen-bond donors (Lipinski definition) is 2. The second-order valence-electron chi connectivity index (χ2n) is 12.1. The second kappa shape index (κ2) is 11.7. The Hall–Kier alpha value is -2.97. The van der Waals surface area contributed by atoms with E-state index in [1.807, 2.05) is 0 Å². The zero-order chi connectivity index (χ0) is 29.4. The lowest BCUT2D eigenvalue weighted by Gasteiger charge is -2.47. The predicted octanol–water partition coefficient (Wildman–Crippen LogP) is 3.68. The molecule has 0 aromatic carbocycles. The van der Waals surface area contributed by atoms with Crippen LogP contribution in [0.2, 0.25) is 0 Å². The summed E-state index contributed by atoms with van der Waals surface area (Å²) in [4.78, 5) is 21.8. The summed E-state index contributed by atoms with van der Waals surface area (Å²) in [5.74, 6) is 2.09. The van der Waals surface area contributed by atoms with Crippen LogP contribution in [-0.4, -0.2) is 87.9 Å². The van der Waals surface area contributed by atoms with Crippen LogP contribution in [0.5, 0.6) is 5.88 Å². The molecule has 41 heavy (non-hydrogen) atoms. The van der Waals surface area contributed by atoms with Gasteiger partial charge in [0.15, 0.2) is 5.82 Å². The van der Waals surface area contributed by atoms with E-state index in [2.05, 4.69) is 25.7 Å². The summed E-state index contributed by atoms with van der Waals surface area (Å²) < 4.78 is 45.2. The maximum absolute atomic E-state index is 12.7. The van der Waals surface area contributed by atoms with Crippen LogP contribution in [0.25, 0.3) is 0 Å². The van der Waals surface area contributed by atoms with E-state index < -0.39 is 21.7 Å². The van der Waals surface area contributed by atoms with Gasteiger partial charge in [0.1, 0.15) is 17.5 Å². The van der Waals surface area contributed by atoms with Crippen molar-refractivity contribution in [3.05, 3.63) is 17.8 Å². The molecular weight excluding hydrogens is 550 g/mol. The van der Waals surface area contributed by atoms with E-state index >= 15 is 0 Å². The zero-order valence-corrected chi connectivity index (χ0v) is 25.2. The second-order valence-corrected chi connectivity index (χ2v) is 14.2. The minimum absolute atomic E-state index is 0.0500. The van der Waals surface area contributed by atoms with Crippen LogP contribution in [0.1, 0.15) is 65.5 Å². The highest BCUT2D eigenvalue weighted by molar-refractivity contribution is 7.89. The van der Waals surface area contributed by atoms with Gasteiger partial charge in [-0.2, -0.15) is 19.0 Å². The standard InChI is InChI=1S/C27H41N7O6S/c1-6-41(36,37)34-19-8-7-9-20(34)12-18(11-19)14-28-25-30-22(13-24(31-25)39-21-15-38-16-21)29-23-10-17(2)33(32-23)26(35)40-27(3,4)5/h10,13,18-21H,6-9,11-12,14-16H2,1-5H3,(H2,28,29,30,31,32). The van der Waals surface area contributed by atoms with E-state index in [0.717, 1.165) is 32.1 Å². The van der Waals surface area contributed by atoms with Crippen molar-refractivity contribution in [2.24, 2.45) is 5.92 Å². The van der Waals surface area contributed by atoms with Crippen molar-refractivity contribution in [3.63, 3.8) is 0 Å². The van der Waals surface area contributed by atoms with Crippen molar-refractivity contribution in [3.8, 4) is 5.88 Å². The number of fused-ring (bicyclic) bond motifs is 2. The van der Waals surface area contributed by atoms with E-state index in [1.54, 1.807) is 51.1 Å². The largest absolute Gasteiger partial charge is 0.469 e. The number of piperidine rings is 2. The highest BCUT2D eigenvalue weighted by atomic mass is 32.2. The molecule has 3 saturated heterocycles. The van der Waals surface area contributed by atoms with Crippen LogP contribution >= 0.6 is 0 Å². The monoisotopic (exact) mass is 591 g/mol. The molecule has 0 amide bonds. The smallest absolute Gasteiger partial charge is 0.435 e. The molecule has 14 heteroatoms. The quantitative estimate of drug-likeness (QED) is 0.440. The first-order valence-electron chi connectivity index (χ1n) is 14.4. The van der Waals surface area contributed by atoms with Gasteiger partial charge in [-0.25, -0.2) is 13.2 Å². The average molecular weight is 592 g/mol. The molecule has 2 atom stereocenters. The number of nitrogens with one attached hydrogen (secondary N) is 2. The fraction of sp³-hybridized carbons (Fsp3) is 0.704. The zero-order valence-electron chi connectivity index (χ0n) is 24.4. The molecule has 5 heterocycles. The molecule has 2 bridgehead atoms. The Morgan fingerprint density at radius 2 is 1.83 bits per heavy atom. The van der Waals surface area contributed by atoms with Crippen LogP contribution in [0.15, 0.2) is 12.1 Å². The van der Waals surface area contributed by atoms with E-state index in [9.17, 15) is 13.2 Å². The number of hydrogen-bond acceptors (Lipinski definition) is 11. The summed E-state index contributed by atoms with van der Waals surface area (Å²) in [5, 5.41) is 10.9. The molecule has 5 rings (SSSR count). The van der Waals surface area contributed by atoms with Crippen molar-refractivity contribution < 1.29 is 27.4 Å². The van der Waals surface area contributed by atoms with Gasteiger partial charge in [0.25, 0.3) is 0 Å². The Balaban J connectivity index is 1.29. The fourth-order valence-corrected chi connectivity index (χ4v) is 7.28. The van der Waals surface area contributed by atoms with E-state index in [4.69, 9.17) is 14.2 Å². The Morgan fingerprint density at radius 1 is 1.12 bits per heavy atom. The SMILES string of the molecule is CCS(=O)(=O)N1C2CCCC1CC(CNc1nc(Nc3cc(C)n(C(=O)OC(C)(C)C)n3)cc(OC3COC3)n1)C2. The Morgan fingerprint density at radius 3 is 2.44 bits per heavy atom. The Bertz CT molecular complexity index is 1340. The number of carbonyl (C=O) groups is 1. The summed E-state index contributed by atoms with van der Waals surface area (Å²) in [6, 6.07) is 3.52. The van der Waals surface area contributed by atoms with Crippen molar-refractivity contribution in [2.75, 3.05) is 36.1 Å². The fourth-order valence-electron chi connectivity index (χ4n) is 5.69. The molecule has 3 aliphatic heterocycles. The number of rotatable bonds is 9. The van der Waals surface area contributed by atoms with Gasteiger partial charge in [-0.05, 0) is 66.2 Å². The van der Waals surface area contributed by atoms with Crippen LogP contribution in [0.4, 0.5) is 22.4 Å². The summed E-state index contributed by atoms with van der Waals surface area (Å²) in [6.45, 7) is 10.5. The minimum atomic E-state index is -3.22. The number of carbonyl (C=O) groups excluding carboxylic acids is 1. The number of ether oxygens (including phenoxy) is 3. The molecule has 226 valence electrons. The van der Waals surface area contributed by atoms with Crippen LogP contribution < -0.4 is 15.4 Å². The number of anilines is 3. The molecule has 0 radical (unpaired) electrons. The van der Waals surface area contributed by atoms with E-state index in [-0.39, 0.29) is 23.9 Å². The van der Waals surface area contributed by atoms with Crippen molar-refractivity contribution in [1.29, 1.82) is 0 Å². The van der Waals surface area contributed by atoms with Gasteiger partial charge in [-0.1, -0.05) is 6.42 Å². The molecule has 0 spiro atoms. The van der Waals surface area contributed by atoms with Crippen molar-refractivity contribution in [1.82, 2.24) is 24.1 Å². The molecule has 3 aliphatic rings. The Labute approximate surface area is 241 Å². The number of nitrogens with zero attached hydrogens (tertiary/aromatic N) is 5. The molecular formula is C27H41N7O6S. The van der Waals surface area contributed by atoms with Gasteiger partial charge in [-0.15, -0.1) is 5.10 Å². The van der Waals surface area contributed by atoms with E-state index in [0.29, 0.717) is 54.8 Å². The number of sulfonamides is 1. The number of aromatic nitrogens is 4. The van der Waals surface area contributed by atoms with Gasteiger partial charge in [0.05, 0.1) is 19.0 Å². The molecule has 3 fully saturated rings. The number of aryl methyl sites for hydroxylation is 1. The third-order valence-corrected chi connectivity index (χ3v) is 9.52. The summed E-state index contributed by atoms with van der Waals surface area (Å²) >= 11 is 0. The third-order valence-electron chi connectivity index (χ3n) is 7.55. The minimum Gasteiger partial charge on any atom is -0.469 e. The maximum atomic E-state index is 12.7. The highest BCUT2D eigenvalue weighted by Gasteiger charge is 2.43. The van der Waals surface area contributed by atoms with E-state index in [1.165, 1.54) is 4.68 Å². The van der Waals surface area contributed by atoms with Gasteiger partial charge < -0.3 is 24.8 Å². The summed E-state index contributed by atoms with van der Waals surface area (Å²) in [5.41, 5.74) is -0.0351. The normalized spacial score (nSPS) is 23.5. The first-order chi connectivity index (χ1) is 19.4. The first kappa shape index (κ1) is 29.5. The lowest BCUT2D eigenvalue weighted by atomic mass is 9.80. The van der Waals surface area contributed by atoms with Gasteiger partial charge in [0, 0.05) is 36.5 Å². The van der Waals surface area contributed by atoms with Crippen molar-refractivity contribution in [2.45, 2.75) is 90.5 Å². The highest BCUT2D eigenvalue weighted by Crippen LogP contribution is 2.39. The van der Waals surface area contributed by atoms with Gasteiger partial charge in [-0.3, -0.25) is 0 Å². The predicted molar refractivity (Wildman–Crippen MR) is 153 cm³/mol. The van der Waals surface area contributed by atoms with Crippen LogP contribution in [0, 0.1) is 12.8 Å². The lowest BCUT2D eigenvalue weighted by molar-refractivity contribution is -0.0813. The average Bonchev–Trinajstić information content (AvgIpc) is 3.23. The third kappa shape index (κ3) is 7.09. The summed E-state index contributed by atoms with van der Waals surface area (Å²) in [6.07, 6.45) is 3.85. The first-order valence-corrected chi connectivity index (χ1v) is 16.0. The lowest BCUT2D eigenvalue weighted by Crippen LogP contribution is -2.55. The molecule has 2 N–H and O–H groups in total. The molecule has 0 aliphatic carbocycles. The molecule has 13 nitrogen and oxygen atoms in total.